The Hall–Kier alpha value is -0.840. The van der Waals surface area contributed by atoms with E-state index in [0.29, 0.717) is 24.9 Å². The van der Waals surface area contributed by atoms with Gasteiger partial charge >= 0.3 is 11.8 Å². The second-order valence-corrected chi connectivity index (χ2v) is 7.91. The van der Waals surface area contributed by atoms with Crippen molar-refractivity contribution >= 4 is 0 Å². The molecule has 2 atom stereocenters. The van der Waals surface area contributed by atoms with Crippen LogP contribution in [0, 0.1) is 17.8 Å². The van der Waals surface area contributed by atoms with Crippen molar-refractivity contribution in [1.82, 2.24) is 0 Å². The van der Waals surface area contributed by atoms with Gasteiger partial charge in [0.05, 0.1) is 12.7 Å². The van der Waals surface area contributed by atoms with Gasteiger partial charge in [-0.1, -0.05) is 44.8 Å². The number of hydrogen-bond acceptors (Lipinski definition) is 1. The molecule has 2 unspecified atom stereocenters. The molecular weight excluding hydrogens is 332 g/mol. The lowest BCUT2D eigenvalue weighted by molar-refractivity contribution is -0.169. The summed E-state index contributed by atoms with van der Waals surface area (Å²) < 4.78 is 60.8. The normalized spacial score (nSPS) is 37.6. The monoisotopic (exact) mass is 360 g/mol. The number of halogens is 4. The Morgan fingerprint density at radius 2 is 1.68 bits per heavy atom. The first-order chi connectivity index (χ1) is 11.8. The van der Waals surface area contributed by atoms with Gasteiger partial charge in [-0.05, 0) is 49.5 Å². The molecule has 0 aromatic carbocycles. The lowest BCUT2D eigenvalue weighted by Gasteiger charge is -2.40. The van der Waals surface area contributed by atoms with Gasteiger partial charge in [0.1, 0.15) is 0 Å². The molecule has 0 spiro atoms. The van der Waals surface area contributed by atoms with Crippen LogP contribution < -0.4 is 0 Å². The number of hydrogen-bond donors (Lipinski definition) is 0. The molecule has 1 saturated carbocycles. The van der Waals surface area contributed by atoms with E-state index >= 15 is 0 Å². The molecule has 0 radical (unpaired) electrons. The van der Waals surface area contributed by atoms with E-state index in [-0.39, 0.29) is 6.08 Å². The Labute approximate surface area is 147 Å². The molecule has 3 rings (SSSR count). The summed E-state index contributed by atoms with van der Waals surface area (Å²) in [4.78, 5) is 0. The van der Waals surface area contributed by atoms with Crippen LogP contribution in [0.2, 0.25) is 0 Å². The number of ether oxygens (including phenoxy) is 1. The van der Waals surface area contributed by atoms with E-state index in [2.05, 4.69) is 6.92 Å². The smallest absolute Gasteiger partial charge is 0.337 e. The third-order valence-corrected chi connectivity index (χ3v) is 6.28. The molecule has 0 aromatic rings. The minimum absolute atomic E-state index is 0.275. The maximum Gasteiger partial charge on any atom is 0.337 e. The van der Waals surface area contributed by atoms with Crippen LogP contribution in [0.15, 0.2) is 23.8 Å². The average Bonchev–Trinajstić information content (AvgIpc) is 2.59. The summed E-state index contributed by atoms with van der Waals surface area (Å²) in [5.74, 6) is -6.48. The van der Waals surface area contributed by atoms with Gasteiger partial charge in [-0.2, -0.15) is 17.6 Å². The third-order valence-electron chi connectivity index (χ3n) is 6.28. The first-order valence-corrected chi connectivity index (χ1v) is 9.62. The Balaban J connectivity index is 1.54. The Kier molecular flexibility index (Phi) is 5.62. The molecule has 0 bridgehead atoms. The van der Waals surface area contributed by atoms with Crippen molar-refractivity contribution in [2.24, 2.45) is 17.8 Å². The third kappa shape index (κ3) is 3.81. The van der Waals surface area contributed by atoms with Crippen molar-refractivity contribution in [3.63, 3.8) is 0 Å². The van der Waals surface area contributed by atoms with Crippen molar-refractivity contribution < 1.29 is 22.3 Å². The quantitative estimate of drug-likeness (QED) is 0.546. The summed E-state index contributed by atoms with van der Waals surface area (Å²) in [5.41, 5.74) is -0.565. The van der Waals surface area contributed by atoms with Crippen LogP contribution in [0.3, 0.4) is 0 Å². The fourth-order valence-electron chi connectivity index (χ4n) is 4.73. The number of rotatable bonds is 4. The van der Waals surface area contributed by atoms with Crippen molar-refractivity contribution in [2.45, 2.75) is 76.2 Å². The molecule has 1 nitrogen and oxygen atoms in total. The van der Waals surface area contributed by atoms with Crippen molar-refractivity contribution in [3.05, 3.63) is 23.8 Å². The van der Waals surface area contributed by atoms with Crippen LogP contribution >= 0.6 is 0 Å². The Morgan fingerprint density at radius 1 is 1.00 bits per heavy atom. The van der Waals surface area contributed by atoms with Gasteiger partial charge in [-0.15, -0.1) is 0 Å². The standard InChI is InChI=1S/C20H28F4O/c1-2-4-14-6-8-15(9-7-14)16-10-11-18(25-13-16)17-5-3-12-19(21,22)20(17,23)24/h3,5,12,14-16,18H,2,4,6-11,13H2,1H3. The van der Waals surface area contributed by atoms with Crippen LogP contribution in [0.1, 0.15) is 58.3 Å². The van der Waals surface area contributed by atoms with Crippen molar-refractivity contribution in [3.8, 4) is 0 Å². The average molecular weight is 360 g/mol. The maximum absolute atomic E-state index is 14.0. The molecule has 142 valence electrons. The van der Waals surface area contributed by atoms with Gasteiger partial charge in [-0.25, -0.2) is 0 Å². The van der Waals surface area contributed by atoms with E-state index in [0.717, 1.165) is 24.5 Å². The highest BCUT2D eigenvalue weighted by atomic mass is 19.3. The van der Waals surface area contributed by atoms with Gasteiger partial charge < -0.3 is 4.74 Å². The topological polar surface area (TPSA) is 9.23 Å². The first kappa shape index (κ1) is 18.9. The molecule has 1 aliphatic heterocycles. The molecule has 0 N–H and O–H groups in total. The second kappa shape index (κ2) is 7.42. The largest absolute Gasteiger partial charge is 0.373 e. The SMILES string of the molecule is CCCC1CCC(C2CCC(C3=CC=CC(F)(F)C3(F)F)OC2)CC1. The van der Waals surface area contributed by atoms with Crippen molar-refractivity contribution in [2.75, 3.05) is 6.61 Å². The Bertz CT molecular complexity index is 510. The van der Waals surface area contributed by atoms with Gasteiger partial charge in [-0.3, -0.25) is 0 Å². The highest BCUT2D eigenvalue weighted by molar-refractivity contribution is 5.34. The molecule has 2 aliphatic carbocycles. The predicted molar refractivity (Wildman–Crippen MR) is 89.9 cm³/mol. The second-order valence-electron chi connectivity index (χ2n) is 7.91. The lowest BCUT2D eigenvalue weighted by atomic mass is 9.72. The highest BCUT2D eigenvalue weighted by Crippen LogP contribution is 2.47. The molecule has 25 heavy (non-hydrogen) atoms. The van der Waals surface area contributed by atoms with E-state index in [1.54, 1.807) is 0 Å². The summed E-state index contributed by atoms with van der Waals surface area (Å²) >= 11 is 0. The molecule has 5 heteroatoms. The summed E-state index contributed by atoms with van der Waals surface area (Å²) in [6.45, 7) is 2.63. The molecule has 2 fully saturated rings. The molecule has 0 amide bonds. The highest BCUT2D eigenvalue weighted by Gasteiger charge is 2.59. The van der Waals surface area contributed by atoms with Gasteiger partial charge in [0.15, 0.2) is 0 Å². The van der Waals surface area contributed by atoms with Crippen molar-refractivity contribution in [1.29, 1.82) is 0 Å². The number of alkyl halides is 4. The molecule has 1 heterocycles. The molecule has 1 saturated heterocycles. The zero-order valence-corrected chi connectivity index (χ0v) is 14.8. The van der Waals surface area contributed by atoms with Crippen LogP contribution in [-0.2, 0) is 4.74 Å². The molecule has 0 aromatic heterocycles. The van der Waals surface area contributed by atoms with Crippen LogP contribution in [0.25, 0.3) is 0 Å². The minimum atomic E-state index is -4.16. The minimum Gasteiger partial charge on any atom is -0.373 e. The zero-order valence-electron chi connectivity index (χ0n) is 14.8. The molecular formula is C20H28F4O. The van der Waals surface area contributed by atoms with E-state index in [4.69, 9.17) is 4.74 Å². The van der Waals surface area contributed by atoms with E-state index in [1.165, 1.54) is 38.5 Å². The van der Waals surface area contributed by atoms with Crippen LogP contribution in [0.4, 0.5) is 17.6 Å². The van der Waals surface area contributed by atoms with Crippen LogP contribution in [-0.4, -0.2) is 24.6 Å². The first-order valence-electron chi connectivity index (χ1n) is 9.62. The van der Waals surface area contributed by atoms with E-state index in [9.17, 15) is 17.6 Å². The van der Waals surface area contributed by atoms with Gasteiger partial charge in [0, 0.05) is 5.57 Å². The summed E-state index contributed by atoms with van der Waals surface area (Å²) in [7, 11) is 0. The summed E-state index contributed by atoms with van der Waals surface area (Å²) in [5, 5.41) is 0. The van der Waals surface area contributed by atoms with Gasteiger partial charge in [0.2, 0.25) is 0 Å². The summed E-state index contributed by atoms with van der Waals surface area (Å²) in [6.07, 6.45) is 10.1. The molecule has 3 aliphatic rings. The summed E-state index contributed by atoms with van der Waals surface area (Å²) in [6, 6.07) is 0. The lowest BCUT2D eigenvalue weighted by Crippen LogP contribution is -2.47. The predicted octanol–water partition coefficient (Wildman–Crippen LogP) is 6.15. The number of allylic oxidation sites excluding steroid dienone is 3. The van der Waals surface area contributed by atoms with E-state index < -0.39 is 23.5 Å². The fraction of sp³-hybridized carbons (Fsp3) is 0.800. The van der Waals surface area contributed by atoms with E-state index in [1.807, 2.05) is 0 Å². The van der Waals surface area contributed by atoms with Gasteiger partial charge in [0.25, 0.3) is 0 Å². The van der Waals surface area contributed by atoms with Crippen LogP contribution in [0.5, 0.6) is 0 Å². The fourth-order valence-corrected chi connectivity index (χ4v) is 4.73. The maximum atomic E-state index is 14.0. The zero-order chi connectivity index (χ0) is 18.1. The Morgan fingerprint density at radius 3 is 2.28 bits per heavy atom.